The minimum atomic E-state index is -1.29. The second-order valence-electron chi connectivity index (χ2n) is 3.65. The molecule has 0 fully saturated rings. The number of carbonyl (C=O) groups is 2. The fourth-order valence-electron chi connectivity index (χ4n) is 1.55. The van der Waals surface area contributed by atoms with E-state index in [1.165, 1.54) is 24.3 Å². The lowest BCUT2D eigenvalue weighted by atomic mass is 10.1. The Kier molecular flexibility index (Phi) is 3.11. The Morgan fingerprint density at radius 1 is 1.32 bits per heavy atom. The van der Waals surface area contributed by atoms with Crippen molar-refractivity contribution in [1.29, 1.82) is 0 Å². The average molecular weight is 261 g/mol. The van der Waals surface area contributed by atoms with Gasteiger partial charge in [-0.2, -0.15) is 0 Å². The van der Waals surface area contributed by atoms with Gasteiger partial charge in [0.15, 0.2) is 12.0 Å². The maximum atomic E-state index is 10.9. The van der Waals surface area contributed by atoms with E-state index in [2.05, 4.69) is 0 Å². The van der Waals surface area contributed by atoms with Crippen LogP contribution in [0.25, 0.3) is 11.3 Å². The lowest BCUT2D eigenvalue weighted by molar-refractivity contribution is -0.384. The van der Waals surface area contributed by atoms with Crippen LogP contribution in [0.15, 0.2) is 34.7 Å². The van der Waals surface area contributed by atoms with E-state index in [0.29, 0.717) is 6.29 Å². The van der Waals surface area contributed by atoms with E-state index < -0.39 is 10.9 Å². The molecule has 0 spiro atoms. The summed E-state index contributed by atoms with van der Waals surface area (Å²) in [5, 5.41) is 19.7. The summed E-state index contributed by atoms with van der Waals surface area (Å²) >= 11 is 0. The highest BCUT2D eigenvalue weighted by atomic mass is 16.6. The zero-order valence-electron chi connectivity index (χ0n) is 9.40. The number of benzene rings is 1. The molecule has 0 saturated carbocycles. The van der Waals surface area contributed by atoms with Gasteiger partial charge in [0, 0.05) is 17.7 Å². The van der Waals surface area contributed by atoms with E-state index in [4.69, 9.17) is 9.52 Å². The van der Waals surface area contributed by atoms with Crippen molar-refractivity contribution in [3.63, 3.8) is 0 Å². The summed E-state index contributed by atoms with van der Waals surface area (Å²) in [4.78, 5) is 31.5. The second kappa shape index (κ2) is 4.73. The molecule has 1 aromatic heterocycles. The normalized spacial score (nSPS) is 10.1. The van der Waals surface area contributed by atoms with E-state index in [1.807, 2.05) is 0 Å². The largest absolute Gasteiger partial charge is 0.478 e. The fraction of sp³-hybridized carbons (Fsp3) is 0. The summed E-state index contributed by atoms with van der Waals surface area (Å²) in [7, 11) is 0. The fourth-order valence-corrected chi connectivity index (χ4v) is 1.55. The van der Waals surface area contributed by atoms with Gasteiger partial charge in [0.1, 0.15) is 5.76 Å². The van der Waals surface area contributed by atoms with Gasteiger partial charge < -0.3 is 9.52 Å². The van der Waals surface area contributed by atoms with Crippen molar-refractivity contribution in [2.75, 3.05) is 0 Å². The number of non-ortho nitro benzene ring substituents is 1. The molecule has 0 atom stereocenters. The van der Waals surface area contributed by atoms with Crippen LogP contribution in [-0.4, -0.2) is 22.3 Å². The highest BCUT2D eigenvalue weighted by Crippen LogP contribution is 2.27. The van der Waals surface area contributed by atoms with Crippen LogP contribution in [0.3, 0.4) is 0 Å². The van der Waals surface area contributed by atoms with Crippen LogP contribution in [0.2, 0.25) is 0 Å². The van der Waals surface area contributed by atoms with Crippen molar-refractivity contribution in [1.82, 2.24) is 0 Å². The second-order valence-corrected chi connectivity index (χ2v) is 3.65. The van der Waals surface area contributed by atoms with Gasteiger partial charge >= 0.3 is 5.97 Å². The number of nitrogens with zero attached hydrogens (tertiary/aromatic N) is 1. The zero-order chi connectivity index (χ0) is 14.0. The van der Waals surface area contributed by atoms with Crippen LogP contribution in [0.5, 0.6) is 0 Å². The molecule has 1 heterocycles. The Bertz CT molecular complexity index is 640. The molecule has 0 bridgehead atoms. The van der Waals surface area contributed by atoms with Crippen molar-refractivity contribution in [3.8, 4) is 11.3 Å². The van der Waals surface area contributed by atoms with E-state index in [-0.39, 0.29) is 28.3 Å². The molecule has 0 aliphatic carbocycles. The standard InChI is InChI=1S/C12H7NO6/c14-6-10-1-2-11(19-10)7-3-8(12(15)16)5-9(4-7)13(17)18/h1-6H,(H,15,16). The molecule has 7 nitrogen and oxygen atoms in total. The lowest BCUT2D eigenvalue weighted by Gasteiger charge is -2.00. The molecule has 2 rings (SSSR count). The third-order valence-corrected chi connectivity index (χ3v) is 2.40. The highest BCUT2D eigenvalue weighted by Gasteiger charge is 2.16. The molecule has 0 radical (unpaired) electrons. The smallest absolute Gasteiger partial charge is 0.335 e. The van der Waals surface area contributed by atoms with Crippen molar-refractivity contribution in [2.45, 2.75) is 0 Å². The van der Waals surface area contributed by atoms with Gasteiger partial charge in [-0.3, -0.25) is 14.9 Å². The molecule has 0 unspecified atom stereocenters. The summed E-state index contributed by atoms with van der Waals surface area (Å²) in [6.07, 6.45) is 0.485. The first-order valence-electron chi connectivity index (χ1n) is 5.09. The molecule has 0 amide bonds. The molecule has 7 heteroatoms. The minimum absolute atomic E-state index is 0.0541. The number of nitro benzene ring substituents is 1. The van der Waals surface area contributed by atoms with Gasteiger partial charge in [-0.05, 0) is 18.2 Å². The van der Waals surface area contributed by atoms with Crippen LogP contribution in [0.4, 0.5) is 5.69 Å². The molecular weight excluding hydrogens is 254 g/mol. The quantitative estimate of drug-likeness (QED) is 0.513. The predicted octanol–water partition coefficient (Wildman–Crippen LogP) is 2.37. The number of furan rings is 1. The average Bonchev–Trinajstić information content (AvgIpc) is 2.86. The Hall–Kier alpha value is -2.96. The Morgan fingerprint density at radius 2 is 2.05 bits per heavy atom. The topological polar surface area (TPSA) is 111 Å². The monoisotopic (exact) mass is 261 g/mol. The Labute approximate surface area is 106 Å². The van der Waals surface area contributed by atoms with Crippen LogP contribution < -0.4 is 0 Å². The van der Waals surface area contributed by atoms with Crippen LogP contribution in [0, 0.1) is 10.1 Å². The van der Waals surface area contributed by atoms with Gasteiger partial charge in [-0.25, -0.2) is 4.79 Å². The van der Waals surface area contributed by atoms with Crippen molar-refractivity contribution in [2.24, 2.45) is 0 Å². The summed E-state index contributed by atoms with van der Waals surface area (Å²) in [6.45, 7) is 0. The third kappa shape index (κ3) is 2.49. The number of aldehydes is 1. The summed E-state index contributed by atoms with van der Waals surface area (Å²) in [5.74, 6) is -1.04. The van der Waals surface area contributed by atoms with Gasteiger partial charge in [-0.1, -0.05) is 0 Å². The SMILES string of the molecule is O=Cc1ccc(-c2cc(C(=O)O)cc([N+](=O)[O-])c2)o1. The van der Waals surface area contributed by atoms with Gasteiger partial charge in [0.2, 0.25) is 0 Å². The number of aromatic carboxylic acids is 1. The van der Waals surface area contributed by atoms with Crippen molar-refractivity contribution < 1.29 is 24.0 Å². The van der Waals surface area contributed by atoms with Gasteiger partial charge in [-0.15, -0.1) is 0 Å². The molecule has 19 heavy (non-hydrogen) atoms. The molecule has 0 aliphatic rings. The Balaban J connectivity index is 2.58. The number of carboxylic acid groups (broad SMARTS) is 1. The molecule has 2 aromatic rings. The number of carbonyl (C=O) groups excluding carboxylic acids is 1. The van der Waals surface area contributed by atoms with Crippen LogP contribution >= 0.6 is 0 Å². The summed E-state index contributed by atoms with van der Waals surface area (Å²) in [5.41, 5.74) is -0.369. The zero-order valence-corrected chi connectivity index (χ0v) is 9.40. The molecular formula is C12H7NO6. The highest BCUT2D eigenvalue weighted by molar-refractivity contribution is 5.90. The molecule has 1 aromatic carbocycles. The summed E-state index contributed by atoms with van der Waals surface area (Å²) in [6, 6.07) is 6.20. The number of nitro groups is 1. The first kappa shape index (κ1) is 12.5. The lowest BCUT2D eigenvalue weighted by Crippen LogP contribution is -1.99. The number of carboxylic acids is 1. The molecule has 1 N–H and O–H groups in total. The van der Waals surface area contributed by atoms with Gasteiger partial charge in [0.25, 0.3) is 5.69 Å². The maximum Gasteiger partial charge on any atom is 0.335 e. The van der Waals surface area contributed by atoms with Crippen molar-refractivity contribution in [3.05, 3.63) is 51.8 Å². The molecule has 0 saturated heterocycles. The van der Waals surface area contributed by atoms with E-state index in [1.54, 1.807) is 0 Å². The number of hydrogen-bond acceptors (Lipinski definition) is 5. The van der Waals surface area contributed by atoms with Gasteiger partial charge in [0.05, 0.1) is 10.5 Å². The molecule has 96 valence electrons. The molecule has 0 aliphatic heterocycles. The van der Waals surface area contributed by atoms with E-state index >= 15 is 0 Å². The first-order valence-corrected chi connectivity index (χ1v) is 5.09. The van der Waals surface area contributed by atoms with E-state index in [9.17, 15) is 19.7 Å². The third-order valence-electron chi connectivity index (χ3n) is 2.40. The summed E-state index contributed by atoms with van der Waals surface area (Å²) < 4.78 is 5.10. The number of hydrogen-bond donors (Lipinski definition) is 1. The van der Waals surface area contributed by atoms with Crippen LogP contribution in [0.1, 0.15) is 20.9 Å². The van der Waals surface area contributed by atoms with E-state index in [0.717, 1.165) is 6.07 Å². The number of rotatable bonds is 4. The van der Waals surface area contributed by atoms with Crippen LogP contribution in [-0.2, 0) is 0 Å². The first-order chi connectivity index (χ1) is 9.01. The predicted molar refractivity (Wildman–Crippen MR) is 63.1 cm³/mol. The Morgan fingerprint density at radius 3 is 2.58 bits per heavy atom. The maximum absolute atomic E-state index is 10.9. The minimum Gasteiger partial charge on any atom is -0.478 e. The van der Waals surface area contributed by atoms with Crippen molar-refractivity contribution >= 4 is 17.9 Å².